The molecule has 4 heteroatoms. The molecule has 126 valence electrons. The molecule has 0 bridgehead atoms. The van der Waals surface area contributed by atoms with E-state index >= 15 is 0 Å². The van der Waals surface area contributed by atoms with Gasteiger partial charge in [-0.2, -0.15) is 0 Å². The number of methoxy groups -OCH3 is 2. The molecule has 0 spiro atoms. The van der Waals surface area contributed by atoms with Gasteiger partial charge in [0.2, 0.25) is 0 Å². The number of rotatable bonds is 6. The summed E-state index contributed by atoms with van der Waals surface area (Å²) in [6, 6.07) is 13.0. The van der Waals surface area contributed by atoms with Crippen molar-refractivity contribution in [2.75, 3.05) is 14.2 Å². The van der Waals surface area contributed by atoms with Crippen molar-refractivity contribution < 1.29 is 19.4 Å². The minimum absolute atomic E-state index is 0.202. The predicted molar refractivity (Wildman–Crippen MR) is 95.6 cm³/mol. The Bertz CT molecular complexity index is 743. The maximum atomic E-state index is 11.7. The van der Waals surface area contributed by atoms with Crippen LogP contribution in [0.3, 0.4) is 0 Å². The summed E-state index contributed by atoms with van der Waals surface area (Å²) in [5.41, 5.74) is 2.82. The molecule has 0 radical (unpaired) electrons. The van der Waals surface area contributed by atoms with Crippen LogP contribution in [-0.4, -0.2) is 25.3 Å². The Labute approximate surface area is 142 Å². The Morgan fingerprint density at radius 3 is 2.12 bits per heavy atom. The van der Waals surface area contributed by atoms with Gasteiger partial charge in [0.05, 0.1) is 19.8 Å². The number of hydrogen-bond donors (Lipinski definition) is 1. The highest BCUT2D eigenvalue weighted by Gasteiger charge is 2.14. The van der Waals surface area contributed by atoms with E-state index in [4.69, 9.17) is 9.47 Å². The highest BCUT2D eigenvalue weighted by molar-refractivity contribution is 6.20. The standard InChI is InChI=1S/C20H22O4/c1-13(2)15-7-5-14(6-8-15)11-17(20(21)22)16-9-10-18(23-3)19(12-16)24-4/h5-13H,1-4H3,(H,21,22)/b17-11-. The van der Waals surface area contributed by atoms with Gasteiger partial charge in [-0.25, -0.2) is 4.79 Å². The summed E-state index contributed by atoms with van der Waals surface area (Å²) < 4.78 is 10.4. The van der Waals surface area contributed by atoms with E-state index in [-0.39, 0.29) is 5.57 Å². The summed E-state index contributed by atoms with van der Waals surface area (Å²) in [6.07, 6.45) is 1.66. The fourth-order valence-electron chi connectivity index (χ4n) is 2.42. The molecule has 2 rings (SSSR count). The van der Waals surface area contributed by atoms with Crippen LogP contribution in [0.1, 0.15) is 36.5 Å². The van der Waals surface area contributed by atoms with Gasteiger partial charge in [0.15, 0.2) is 11.5 Å². The minimum Gasteiger partial charge on any atom is -0.493 e. The van der Waals surface area contributed by atoms with Gasteiger partial charge in [0, 0.05) is 0 Å². The first-order chi connectivity index (χ1) is 11.5. The van der Waals surface area contributed by atoms with Crippen LogP contribution in [0.25, 0.3) is 11.6 Å². The van der Waals surface area contributed by atoms with Crippen LogP contribution < -0.4 is 9.47 Å². The second-order valence-electron chi connectivity index (χ2n) is 5.75. The van der Waals surface area contributed by atoms with Crippen LogP contribution in [0.5, 0.6) is 11.5 Å². The number of aliphatic carboxylic acids is 1. The van der Waals surface area contributed by atoms with Crippen molar-refractivity contribution in [3.05, 3.63) is 59.2 Å². The third-order valence-corrected chi connectivity index (χ3v) is 3.84. The molecular weight excluding hydrogens is 304 g/mol. The molecule has 0 aliphatic rings. The molecule has 0 heterocycles. The summed E-state index contributed by atoms with van der Waals surface area (Å²) in [5, 5.41) is 9.58. The third kappa shape index (κ3) is 3.96. The van der Waals surface area contributed by atoms with Crippen molar-refractivity contribution in [3.8, 4) is 11.5 Å². The largest absolute Gasteiger partial charge is 0.493 e. The van der Waals surface area contributed by atoms with Gasteiger partial charge in [-0.05, 0) is 40.8 Å². The van der Waals surface area contributed by atoms with Crippen molar-refractivity contribution in [2.24, 2.45) is 0 Å². The molecule has 0 saturated carbocycles. The van der Waals surface area contributed by atoms with Crippen molar-refractivity contribution in [1.82, 2.24) is 0 Å². The number of ether oxygens (including phenoxy) is 2. The Morgan fingerprint density at radius 1 is 1.00 bits per heavy atom. The van der Waals surface area contributed by atoms with E-state index in [1.54, 1.807) is 31.4 Å². The molecule has 0 unspecified atom stereocenters. The van der Waals surface area contributed by atoms with Gasteiger partial charge < -0.3 is 14.6 Å². The molecule has 0 atom stereocenters. The molecule has 0 fully saturated rings. The first-order valence-corrected chi connectivity index (χ1v) is 7.73. The molecule has 2 aromatic carbocycles. The molecule has 0 aromatic heterocycles. The fourth-order valence-corrected chi connectivity index (χ4v) is 2.42. The highest BCUT2D eigenvalue weighted by Crippen LogP contribution is 2.31. The Kier molecular flexibility index (Phi) is 5.64. The van der Waals surface area contributed by atoms with Gasteiger partial charge in [-0.1, -0.05) is 44.2 Å². The lowest BCUT2D eigenvalue weighted by Gasteiger charge is -2.10. The van der Waals surface area contributed by atoms with Gasteiger partial charge in [-0.15, -0.1) is 0 Å². The van der Waals surface area contributed by atoms with Crippen LogP contribution in [-0.2, 0) is 4.79 Å². The molecule has 2 aromatic rings. The smallest absolute Gasteiger partial charge is 0.336 e. The first-order valence-electron chi connectivity index (χ1n) is 7.73. The second-order valence-corrected chi connectivity index (χ2v) is 5.75. The summed E-state index contributed by atoms with van der Waals surface area (Å²) >= 11 is 0. The Hall–Kier alpha value is -2.75. The first kappa shape index (κ1) is 17.6. The lowest BCUT2D eigenvalue weighted by molar-refractivity contribution is -0.130. The van der Waals surface area contributed by atoms with Crippen LogP contribution in [0.4, 0.5) is 0 Å². The average Bonchev–Trinajstić information content (AvgIpc) is 2.59. The molecule has 0 aliphatic carbocycles. The lowest BCUT2D eigenvalue weighted by atomic mass is 9.99. The van der Waals surface area contributed by atoms with Gasteiger partial charge in [0.1, 0.15) is 0 Å². The molecule has 1 N–H and O–H groups in total. The molecule has 24 heavy (non-hydrogen) atoms. The SMILES string of the molecule is COc1ccc(/C(=C/c2ccc(C(C)C)cc2)C(=O)O)cc1OC. The number of hydrogen-bond acceptors (Lipinski definition) is 3. The van der Waals surface area contributed by atoms with E-state index in [1.165, 1.54) is 12.7 Å². The van der Waals surface area contributed by atoms with Crippen LogP contribution in [0.2, 0.25) is 0 Å². The third-order valence-electron chi connectivity index (χ3n) is 3.84. The number of benzene rings is 2. The van der Waals surface area contributed by atoms with Crippen molar-refractivity contribution in [2.45, 2.75) is 19.8 Å². The van der Waals surface area contributed by atoms with E-state index < -0.39 is 5.97 Å². The van der Waals surface area contributed by atoms with E-state index in [1.807, 2.05) is 24.3 Å². The minimum atomic E-state index is -0.991. The maximum Gasteiger partial charge on any atom is 0.336 e. The zero-order valence-corrected chi connectivity index (χ0v) is 14.4. The van der Waals surface area contributed by atoms with Gasteiger partial charge in [-0.3, -0.25) is 0 Å². The molecule has 0 saturated heterocycles. The van der Waals surface area contributed by atoms with E-state index in [2.05, 4.69) is 13.8 Å². The summed E-state index contributed by atoms with van der Waals surface area (Å²) in [6.45, 7) is 4.24. The highest BCUT2D eigenvalue weighted by atomic mass is 16.5. The maximum absolute atomic E-state index is 11.7. The molecule has 0 aliphatic heterocycles. The monoisotopic (exact) mass is 326 g/mol. The van der Waals surface area contributed by atoms with Crippen molar-refractivity contribution >= 4 is 17.6 Å². The van der Waals surface area contributed by atoms with Crippen LogP contribution in [0, 0.1) is 0 Å². The average molecular weight is 326 g/mol. The zero-order chi connectivity index (χ0) is 17.7. The van der Waals surface area contributed by atoms with E-state index in [9.17, 15) is 9.90 Å². The summed E-state index contributed by atoms with van der Waals surface area (Å²) in [7, 11) is 3.07. The lowest BCUT2D eigenvalue weighted by Crippen LogP contribution is -2.01. The summed E-state index contributed by atoms with van der Waals surface area (Å²) in [5.74, 6) is 0.507. The van der Waals surface area contributed by atoms with E-state index in [0.29, 0.717) is 23.0 Å². The van der Waals surface area contributed by atoms with Crippen molar-refractivity contribution in [3.63, 3.8) is 0 Å². The Morgan fingerprint density at radius 2 is 1.62 bits per heavy atom. The molecule has 0 amide bonds. The predicted octanol–water partition coefficient (Wildman–Crippen LogP) is 4.45. The molecule has 4 nitrogen and oxygen atoms in total. The van der Waals surface area contributed by atoms with Crippen molar-refractivity contribution in [1.29, 1.82) is 0 Å². The number of carboxylic acids is 1. The quantitative estimate of drug-likeness (QED) is 0.629. The van der Waals surface area contributed by atoms with Crippen LogP contribution in [0.15, 0.2) is 42.5 Å². The fraction of sp³-hybridized carbons (Fsp3) is 0.250. The Balaban J connectivity index is 2.44. The normalized spacial score (nSPS) is 11.5. The van der Waals surface area contributed by atoms with E-state index in [0.717, 1.165) is 5.56 Å². The number of carbonyl (C=O) groups is 1. The van der Waals surface area contributed by atoms with Crippen LogP contribution >= 0.6 is 0 Å². The topological polar surface area (TPSA) is 55.8 Å². The second kappa shape index (κ2) is 7.68. The van der Waals surface area contributed by atoms with Gasteiger partial charge in [0.25, 0.3) is 0 Å². The summed E-state index contributed by atoms with van der Waals surface area (Å²) in [4.78, 5) is 11.7. The van der Waals surface area contributed by atoms with Gasteiger partial charge >= 0.3 is 5.97 Å². The molecular formula is C20H22O4. The zero-order valence-electron chi connectivity index (χ0n) is 14.4. The number of carboxylic acid groups (broad SMARTS) is 1.